The Morgan fingerprint density at radius 1 is 1.05 bits per heavy atom. The summed E-state index contributed by atoms with van der Waals surface area (Å²) >= 11 is 5.28. The second-order valence-corrected chi connectivity index (χ2v) is 9.42. The van der Waals surface area contributed by atoms with Crippen LogP contribution in [-0.4, -0.2) is 26.0 Å². The molecule has 5 rings (SSSR count). The third-order valence-corrected chi connectivity index (χ3v) is 6.17. The van der Waals surface area contributed by atoms with Gasteiger partial charge >= 0.3 is 0 Å². The van der Waals surface area contributed by atoms with Gasteiger partial charge in [0, 0.05) is 23.4 Å². The van der Waals surface area contributed by atoms with Gasteiger partial charge in [-0.2, -0.15) is 0 Å². The molecule has 1 amide bonds. The number of aromatic nitrogens is 1. The van der Waals surface area contributed by atoms with Crippen molar-refractivity contribution in [1.29, 1.82) is 0 Å². The Morgan fingerprint density at radius 3 is 2.64 bits per heavy atom. The number of nitro groups is 1. The molecule has 0 saturated carbocycles. The zero-order chi connectivity index (χ0) is 27.7. The number of phenols is 1. The zero-order valence-electron chi connectivity index (χ0n) is 20.8. The summed E-state index contributed by atoms with van der Waals surface area (Å²) in [5.74, 6) is 0.202. The highest BCUT2D eigenvalue weighted by Gasteiger charge is 2.17. The number of thiocarbonyl (C=S) groups is 1. The number of oxazole rings is 1. The molecule has 0 fully saturated rings. The molecular formula is C28H22N4O6S. The lowest BCUT2D eigenvalue weighted by Crippen LogP contribution is -2.33. The van der Waals surface area contributed by atoms with Gasteiger partial charge in [0.15, 0.2) is 16.5 Å². The number of non-ortho nitro benzene ring substituents is 1. The van der Waals surface area contributed by atoms with Crippen molar-refractivity contribution in [2.24, 2.45) is 0 Å². The van der Waals surface area contributed by atoms with E-state index >= 15 is 0 Å². The molecule has 0 radical (unpaired) electrons. The van der Waals surface area contributed by atoms with Crippen LogP contribution in [0.15, 0.2) is 81.6 Å². The molecule has 10 nitrogen and oxygen atoms in total. The molecule has 0 unspecified atom stereocenters. The topological polar surface area (TPSA) is 144 Å². The summed E-state index contributed by atoms with van der Waals surface area (Å²) in [5.41, 5.74) is 3.60. The lowest BCUT2D eigenvalue weighted by Gasteiger charge is -2.10. The first-order valence-corrected chi connectivity index (χ1v) is 12.3. The van der Waals surface area contributed by atoms with Gasteiger partial charge in [-0.1, -0.05) is 32.0 Å². The van der Waals surface area contributed by atoms with Crippen molar-refractivity contribution in [3.05, 3.63) is 94.2 Å². The number of hydrogen-bond acceptors (Lipinski definition) is 8. The lowest BCUT2D eigenvalue weighted by atomic mass is 10.0. The maximum absolute atomic E-state index is 12.7. The molecule has 0 aliphatic heterocycles. The highest BCUT2D eigenvalue weighted by atomic mass is 32.1. The van der Waals surface area contributed by atoms with Crippen molar-refractivity contribution >= 4 is 45.7 Å². The number of hydrogen-bond donors (Lipinski definition) is 3. The number of nitrogens with one attached hydrogen (secondary N) is 2. The maximum Gasteiger partial charge on any atom is 0.293 e. The van der Waals surface area contributed by atoms with Crippen molar-refractivity contribution in [3.8, 4) is 28.5 Å². The van der Waals surface area contributed by atoms with Gasteiger partial charge in [0.05, 0.1) is 10.5 Å². The van der Waals surface area contributed by atoms with E-state index in [2.05, 4.69) is 29.5 Å². The van der Waals surface area contributed by atoms with Crippen LogP contribution in [0.3, 0.4) is 0 Å². The molecule has 196 valence electrons. The van der Waals surface area contributed by atoms with Crippen LogP contribution in [-0.2, 0) is 0 Å². The molecular weight excluding hydrogens is 520 g/mol. The zero-order valence-corrected chi connectivity index (χ0v) is 21.6. The minimum atomic E-state index is -0.608. The van der Waals surface area contributed by atoms with Gasteiger partial charge in [-0.15, -0.1) is 0 Å². The number of phenolic OH excluding ortho intramolecular Hbond substituents is 1. The highest BCUT2D eigenvalue weighted by Crippen LogP contribution is 2.34. The number of nitro benzene ring substituents is 1. The van der Waals surface area contributed by atoms with Crippen molar-refractivity contribution in [1.82, 2.24) is 10.3 Å². The van der Waals surface area contributed by atoms with Crippen molar-refractivity contribution in [2.75, 3.05) is 5.32 Å². The molecule has 5 aromatic rings. The number of benzene rings is 3. The predicted molar refractivity (Wildman–Crippen MR) is 150 cm³/mol. The summed E-state index contributed by atoms with van der Waals surface area (Å²) in [4.78, 5) is 27.7. The smallest absolute Gasteiger partial charge is 0.293 e. The fourth-order valence-electron chi connectivity index (χ4n) is 3.92. The largest absolute Gasteiger partial charge is 0.507 e. The average molecular weight is 543 g/mol. The molecule has 11 heteroatoms. The van der Waals surface area contributed by atoms with Crippen LogP contribution >= 0.6 is 12.2 Å². The molecule has 3 aromatic carbocycles. The van der Waals surface area contributed by atoms with Gasteiger partial charge in [-0.25, -0.2) is 4.98 Å². The van der Waals surface area contributed by atoms with Gasteiger partial charge in [-0.3, -0.25) is 20.2 Å². The molecule has 3 N–H and O–H groups in total. The fourth-order valence-corrected chi connectivity index (χ4v) is 4.13. The number of amides is 1. The van der Waals surface area contributed by atoms with Gasteiger partial charge in [-0.05, 0) is 66.2 Å². The van der Waals surface area contributed by atoms with Gasteiger partial charge in [0.2, 0.25) is 5.89 Å². The third kappa shape index (κ3) is 5.48. The Labute approximate surface area is 227 Å². The first-order chi connectivity index (χ1) is 18.7. The molecule has 0 spiro atoms. The second kappa shape index (κ2) is 10.4. The van der Waals surface area contributed by atoms with Gasteiger partial charge in [0.25, 0.3) is 11.6 Å². The SMILES string of the molecule is CC(C)c1ccc2oc(-c3cc(NC(=S)NC(=O)c4ccc(-c5cccc([N+](=O)[O-])c5)o4)ccc3O)nc2c1. The number of anilines is 1. The van der Waals surface area contributed by atoms with Crippen LogP contribution in [0, 0.1) is 10.1 Å². The van der Waals surface area contributed by atoms with E-state index in [-0.39, 0.29) is 28.2 Å². The Hall–Kier alpha value is -5.03. The second-order valence-electron chi connectivity index (χ2n) is 9.01. The molecule has 2 aromatic heterocycles. The third-order valence-electron chi connectivity index (χ3n) is 5.96. The number of carbonyl (C=O) groups excluding carboxylic acids is 1. The monoisotopic (exact) mass is 542 g/mol. The summed E-state index contributed by atoms with van der Waals surface area (Å²) in [6, 6.07) is 19.3. The summed E-state index contributed by atoms with van der Waals surface area (Å²) < 4.78 is 11.4. The fraction of sp³-hybridized carbons (Fsp3) is 0.107. The molecule has 2 heterocycles. The maximum atomic E-state index is 12.7. The molecule has 39 heavy (non-hydrogen) atoms. The Balaban J connectivity index is 1.29. The first kappa shape index (κ1) is 25.6. The molecule has 0 aliphatic carbocycles. The van der Waals surface area contributed by atoms with Crippen molar-refractivity contribution in [3.63, 3.8) is 0 Å². The number of nitrogens with zero attached hydrogens (tertiary/aromatic N) is 2. The highest BCUT2D eigenvalue weighted by molar-refractivity contribution is 7.80. The van der Waals surface area contributed by atoms with Gasteiger partial charge < -0.3 is 19.3 Å². The van der Waals surface area contributed by atoms with E-state index in [1.807, 2.05) is 18.2 Å². The Morgan fingerprint density at radius 2 is 1.87 bits per heavy atom. The Kier molecular flexibility index (Phi) is 6.82. The van der Waals surface area contributed by atoms with Crippen LogP contribution in [0.25, 0.3) is 33.9 Å². The van der Waals surface area contributed by atoms with Crippen LogP contribution in [0.2, 0.25) is 0 Å². The molecule has 0 saturated heterocycles. The number of aromatic hydroxyl groups is 1. The van der Waals surface area contributed by atoms with E-state index in [9.17, 15) is 20.0 Å². The predicted octanol–water partition coefficient (Wildman–Crippen LogP) is 6.62. The van der Waals surface area contributed by atoms with Crippen molar-refractivity contribution in [2.45, 2.75) is 19.8 Å². The van der Waals surface area contributed by atoms with Crippen LogP contribution in [0.4, 0.5) is 11.4 Å². The van der Waals surface area contributed by atoms with E-state index in [0.717, 1.165) is 5.56 Å². The number of carbonyl (C=O) groups is 1. The normalized spacial score (nSPS) is 11.1. The molecule has 0 aliphatic rings. The quantitative estimate of drug-likeness (QED) is 0.0933. The van der Waals surface area contributed by atoms with Crippen LogP contribution in [0.1, 0.15) is 35.9 Å². The summed E-state index contributed by atoms with van der Waals surface area (Å²) in [6.07, 6.45) is 0. The lowest BCUT2D eigenvalue weighted by molar-refractivity contribution is -0.384. The van der Waals surface area contributed by atoms with E-state index in [1.165, 1.54) is 30.3 Å². The average Bonchev–Trinajstić information content (AvgIpc) is 3.57. The number of furan rings is 1. The van der Waals surface area contributed by atoms with Gasteiger partial charge in [0.1, 0.15) is 17.0 Å². The van der Waals surface area contributed by atoms with Crippen molar-refractivity contribution < 1.29 is 23.7 Å². The van der Waals surface area contributed by atoms with E-state index < -0.39 is 10.8 Å². The van der Waals surface area contributed by atoms with E-state index in [4.69, 9.17) is 21.1 Å². The Bertz CT molecular complexity index is 1740. The first-order valence-electron chi connectivity index (χ1n) is 11.9. The molecule has 0 atom stereocenters. The summed E-state index contributed by atoms with van der Waals surface area (Å²) in [6.45, 7) is 4.18. The standard InChI is InChI=1S/C28H22N4O6S/c1-15(2)16-6-9-24-21(13-16)30-27(38-24)20-14-18(7-8-22(20)33)29-28(39)31-26(34)25-11-10-23(37-25)17-4-3-5-19(12-17)32(35)36/h3-15,33H,1-2H3,(H2,29,31,34,39). The summed E-state index contributed by atoms with van der Waals surface area (Å²) in [5, 5.41) is 26.9. The molecule has 0 bridgehead atoms. The minimum Gasteiger partial charge on any atom is -0.507 e. The number of fused-ring (bicyclic) bond motifs is 1. The minimum absolute atomic E-state index is 0.0101. The van der Waals surface area contributed by atoms with Crippen LogP contribution < -0.4 is 10.6 Å². The van der Waals surface area contributed by atoms with Crippen LogP contribution in [0.5, 0.6) is 5.75 Å². The number of rotatable bonds is 6. The van der Waals surface area contributed by atoms with E-state index in [0.29, 0.717) is 39.6 Å². The van der Waals surface area contributed by atoms with E-state index in [1.54, 1.807) is 24.3 Å². The summed E-state index contributed by atoms with van der Waals surface area (Å²) in [7, 11) is 0.